The highest BCUT2D eigenvalue weighted by atomic mass is 32.2. The molecular formula is C18H28N2O3S. The number of likely N-dealkylation sites (N-methyl/N-ethyl adjacent to an activating group) is 1. The van der Waals surface area contributed by atoms with Crippen LogP contribution in [0.15, 0.2) is 29.2 Å². The van der Waals surface area contributed by atoms with Gasteiger partial charge in [0.25, 0.3) is 5.91 Å². The first-order valence-corrected chi connectivity index (χ1v) is 10.4. The molecule has 5 nitrogen and oxygen atoms in total. The molecule has 1 aliphatic carbocycles. The summed E-state index contributed by atoms with van der Waals surface area (Å²) < 4.78 is 23.3. The van der Waals surface area contributed by atoms with Crippen molar-refractivity contribution in [3.05, 3.63) is 29.8 Å². The summed E-state index contributed by atoms with van der Waals surface area (Å²) in [6.45, 7) is 0.585. The summed E-state index contributed by atoms with van der Waals surface area (Å²) in [5, 5.41) is 3.02. The van der Waals surface area contributed by atoms with Crippen LogP contribution in [-0.2, 0) is 9.84 Å². The first kappa shape index (κ1) is 18.9. The van der Waals surface area contributed by atoms with Crippen LogP contribution < -0.4 is 5.32 Å². The van der Waals surface area contributed by atoms with Crippen LogP contribution in [0, 0.1) is 0 Å². The second-order valence-corrected chi connectivity index (χ2v) is 9.03. The molecule has 0 aliphatic heterocycles. The van der Waals surface area contributed by atoms with Crippen LogP contribution in [0.2, 0.25) is 0 Å². The highest BCUT2D eigenvalue weighted by Crippen LogP contribution is 2.30. The first-order valence-electron chi connectivity index (χ1n) is 8.50. The fourth-order valence-corrected chi connectivity index (χ4v) is 4.05. The fraction of sp³-hybridized carbons (Fsp3) is 0.611. The number of carbonyl (C=O) groups excluding carboxylic acids is 1. The molecule has 134 valence electrons. The average Bonchev–Trinajstić information content (AvgIpc) is 2.78. The van der Waals surface area contributed by atoms with Gasteiger partial charge in [0, 0.05) is 23.9 Å². The predicted octanol–water partition coefficient (Wildman–Crippen LogP) is 2.47. The number of rotatable bonds is 5. The van der Waals surface area contributed by atoms with E-state index in [1.807, 2.05) is 0 Å². The van der Waals surface area contributed by atoms with Crippen molar-refractivity contribution in [2.75, 3.05) is 26.9 Å². The van der Waals surface area contributed by atoms with Gasteiger partial charge in [-0.1, -0.05) is 31.7 Å². The Labute approximate surface area is 145 Å². The molecule has 2 rings (SSSR count). The molecule has 0 spiro atoms. The monoisotopic (exact) mass is 352 g/mol. The van der Waals surface area contributed by atoms with Crippen LogP contribution in [0.1, 0.15) is 48.9 Å². The van der Waals surface area contributed by atoms with Gasteiger partial charge in [0.1, 0.15) is 0 Å². The molecule has 0 heterocycles. The molecule has 0 unspecified atom stereocenters. The molecule has 1 N–H and O–H groups in total. The van der Waals surface area contributed by atoms with Crippen molar-refractivity contribution < 1.29 is 13.2 Å². The van der Waals surface area contributed by atoms with Crippen LogP contribution in [0.25, 0.3) is 0 Å². The Bertz CT molecular complexity index is 675. The molecule has 1 amide bonds. The van der Waals surface area contributed by atoms with Crippen molar-refractivity contribution in [2.24, 2.45) is 0 Å². The maximum absolute atomic E-state index is 12.5. The van der Waals surface area contributed by atoms with Gasteiger partial charge < -0.3 is 10.2 Å². The minimum Gasteiger partial charge on any atom is -0.350 e. The second kappa shape index (κ2) is 7.66. The number of nitrogens with one attached hydrogen (secondary N) is 1. The standard InChI is InChI=1S/C18H28N2O3S/c1-20(2)18(11-6-4-5-7-12-18)14-19-17(21)15-9-8-10-16(13-15)24(3,22)23/h8-10,13H,4-7,11-12,14H2,1-3H3,(H,19,21). The number of sulfone groups is 1. The van der Waals surface area contributed by atoms with E-state index in [0.717, 1.165) is 19.1 Å². The molecular weight excluding hydrogens is 324 g/mol. The Hall–Kier alpha value is -1.40. The fourth-order valence-electron chi connectivity index (χ4n) is 3.38. The van der Waals surface area contributed by atoms with Crippen LogP contribution in [0.4, 0.5) is 0 Å². The van der Waals surface area contributed by atoms with Crippen molar-refractivity contribution in [1.29, 1.82) is 0 Å². The van der Waals surface area contributed by atoms with Crippen LogP contribution in [-0.4, -0.2) is 51.7 Å². The SMILES string of the molecule is CN(C)C1(CNC(=O)c2cccc(S(C)(=O)=O)c2)CCCCCC1. The molecule has 0 atom stereocenters. The van der Waals surface area contributed by atoms with Crippen molar-refractivity contribution in [1.82, 2.24) is 10.2 Å². The van der Waals surface area contributed by atoms with E-state index in [4.69, 9.17) is 0 Å². The zero-order valence-corrected chi connectivity index (χ0v) is 15.7. The van der Waals surface area contributed by atoms with Crippen molar-refractivity contribution in [3.8, 4) is 0 Å². The topological polar surface area (TPSA) is 66.5 Å². The van der Waals surface area contributed by atoms with E-state index in [2.05, 4.69) is 24.3 Å². The average molecular weight is 353 g/mol. The van der Waals surface area contributed by atoms with E-state index in [9.17, 15) is 13.2 Å². The van der Waals surface area contributed by atoms with Crippen molar-refractivity contribution in [3.63, 3.8) is 0 Å². The molecule has 1 aliphatic rings. The smallest absolute Gasteiger partial charge is 0.251 e. The van der Waals surface area contributed by atoms with Gasteiger partial charge in [-0.25, -0.2) is 8.42 Å². The van der Waals surface area contributed by atoms with Gasteiger partial charge in [-0.3, -0.25) is 4.79 Å². The lowest BCUT2D eigenvalue weighted by molar-refractivity contribution is 0.0869. The zero-order valence-electron chi connectivity index (χ0n) is 14.8. The zero-order chi connectivity index (χ0) is 17.8. The van der Waals surface area contributed by atoms with Crippen molar-refractivity contribution in [2.45, 2.75) is 49.0 Å². The van der Waals surface area contributed by atoms with E-state index >= 15 is 0 Å². The molecule has 1 aromatic carbocycles. The lowest BCUT2D eigenvalue weighted by Gasteiger charge is -2.39. The predicted molar refractivity (Wildman–Crippen MR) is 96.0 cm³/mol. The van der Waals surface area contributed by atoms with Crippen molar-refractivity contribution >= 4 is 15.7 Å². The Morgan fingerprint density at radius 1 is 1.17 bits per heavy atom. The van der Waals surface area contributed by atoms with E-state index in [1.54, 1.807) is 12.1 Å². The minimum absolute atomic E-state index is 0.0133. The van der Waals surface area contributed by atoms with Gasteiger partial charge in [0.2, 0.25) is 0 Å². The Kier molecular flexibility index (Phi) is 6.04. The summed E-state index contributed by atoms with van der Waals surface area (Å²) in [5.74, 6) is -0.217. The summed E-state index contributed by atoms with van der Waals surface area (Å²) in [6, 6.07) is 6.22. The van der Waals surface area contributed by atoms with E-state index in [1.165, 1.54) is 37.8 Å². The summed E-state index contributed by atoms with van der Waals surface area (Å²) in [4.78, 5) is 14.9. The highest BCUT2D eigenvalue weighted by molar-refractivity contribution is 7.90. The summed E-state index contributed by atoms with van der Waals surface area (Å²) in [6.07, 6.45) is 8.15. The normalized spacial score (nSPS) is 18.2. The quantitative estimate of drug-likeness (QED) is 0.827. The molecule has 0 aromatic heterocycles. The maximum atomic E-state index is 12.5. The number of benzene rings is 1. The Morgan fingerprint density at radius 2 is 1.79 bits per heavy atom. The van der Waals surface area contributed by atoms with Gasteiger partial charge in [0.05, 0.1) is 4.90 Å². The molecule has 1 fully saturated rings. The number of hydrogen-bond acceptors (Lipinski definition) is 4. The van der Waals surface area contributed by atoms with Gasteiger partial charge in [-0.05, 0) is 45.1 Å². The highest BCUT2D eigenvalue weighted by Gasteiger charge is 2.33. The van der Waals surface area contributed by atoms with Gasteiger partial charge in [0.15, 0.2) is 9.84 Å². The number of carbonyl (C=O) groups is 1. The van der Waals surface area contributed by atoms with Gasteiger partial charge >= 0.3 is 0 Å². The summed E-state index contributed by atoms with van der Waals surface area (Å²) >= 11 is 0. The third-order valence-corrected chi connectivity index (χ3v) is 6.20. The minimum atomic E-state index is -3.31. The molecule has 1 saturated carbocycles. The number of hydrogen-bond donors (Lipinski definition) is 1. The van der Waals surface area contributed by atoms with Gasteiger partial charge in [-0.2, -0.15) is 0 Å². The third-order valence-electron chi connectivity index (χ3n) is 5.09. The van der Waals surface area contributed by atoms with E-state index in [0.29, 0.717) is 12.1 Å². The van der Waals surface area contributed by atoms with Crippen LogP contribution >= 0.6 is 0 Å². The number of amides is 1. The molecule has 0 bridgehead atoms. The number of nitrogens with zero attached hydrogens (tertiary/aromatic N) is 1. The summed E-state index contributed by atoms with van der Waals surface area (Å²) in [7, 11) is 0.830. The van der Waals surface area contributed by atoms with Crippen LogP contribution in [0.3, 0.4) is 0 Å². The second-order valence-electron chi connectivity index (χ2n) is 7.02. The lowest BCUT2D eigenvalue weighted by atomic mass is 9.88. The largest absolute Gasteiger partial charge is 0.350 e. The molecule has 0 saturated heterocycles. The third kappa shape index (κ3) is 4.57. The van der Waals surface area contributed by atoms with Gasteiger partial charge in [-0.15, -0.1) is 0 Å². The first-order chi connectivity index (χ1) is 11.2. The molecule has 6 heteroatoms. The summed E-state index contributed by atoms with van der Waals surface area (Å²) in [5.41, 5.74) is 0.376. The molecule has 24 heavy (non-hydrogen) atoms. The molecule has 0 radical (unpaired) electrons. The molecule has 1 aromatic rings. The lowest BCUT2D eigenvalue weighted by Crippen LogP contribution is -2.52. The van der Waals surface area contributed by atoms with Crippen LogP contribution in [0.5, 0.6) is 0 Å². The Morgan fingerprint density at radius 3 is 2.33 bits per heavy atom. The van der Waals surface area contributed by atoms with E-state index < -0.39 is 9.84 Å². The Balaban J connectivity index is 2.11. The maximum Gasteiger partial charge on any atom is 0.251 e. The van der Waals surface area contributed by atoms with E-state index in [-0.39, 0.29) is 16.3 Å².